The van der Waals surface area contributed by atoms with E-state index in [0.717, 1.165) is 31.8 Å². The van der Waals surface area contributed by atoms with Crippen molar-refractivity contribution in [3.63, 3.8) is 0 Å². The lowest BCUT2D eigenvalue weighted by atomic mass is 9.98. The summed E-state index contributed by atoms with van der Waals surface area (Å²) in [6.45, 7) is 4.98. The van der Waals surface area contributed by atoms with Gasteiger partial charge < -0.3 is 10.6 Å². The zero-order valence-electron chi connectivity index (χ0n) is 11.6. The van der Waals surface area contributed by atoms with E-state index in [9.17, 15) is 4.79 Å². The first kappa shape index (κ1) is 14.0. The molecule has 0 radical (unpaired) electrons. The van der Waals surface area contributed by atoms with Crippen molar-refractivity contribution in [2.24, 2.45) is 11.7 Å². The van der Waals surface area contributed by atoms with Crippen molar-refractivity contribution in [3.8, 4) is 0 Å². The van der Waals surface area contributed by atoms with Gasteiger partial charge in [0.2, 0.25) is 0 Å². The Morgan fingerprint density at radius 1 is 1.47 bits per heavy atom. The molecule has 106 valence electrons. The van der Waals surface area contributed by atoms with Crippen LogP contribution in [0.3, 0.4) is 0 Å². The van der Waals surface area contributed by atoms with Gasteiger partial charge in [-0.1, -0.05) is 18.6 Å². The molecule has 6 nitrogen and oxygen atoms in total. The van der Waals surface area contributed by atoms with E-state index in [4.69, 9.17) is 5.73 Å². The van der Waals surface area contributed by atoms with Gasteiger partial charge in [-0.05, 0) is 25.2 Å². The summed E-state index contributed by atoms with van der Waals surface area (Å²) in [5, 5.41) is 7.86. The Morgan fingerprint density at radius 2 is 2.32 bits per heavy atom. The van der Waals surface area contributed by atoms with Crippen LogP contribution in [0, 0.1) is 5.92 Å². The molecule has 2 heterocycles. The summed E-state index contributed by atoms with van der Waals surface area (Å²) >= 11 is 0. The number of aromatic nitrogens is 3. The molecule has 1 aromatic rings. The summed E-state index contributed by atoms with van der Waals surface area (Å²) in [6.07, 6.45) is 6.30. The number of nitrogens with zero attached hydrogens (tertiary/aromatic N) is 4. The summed E-state index contributed by atoms with van der Waals surface area (Å²) in [5.74, 6) is 0.755. The van der Waals surface area contributed by atoms with Gasteiger partial charge in [-0.2, -0.15) is 0 Å². The molecule has 1 aliphatic heterocycles. The standard InChI is InChI=1S/C13H23N5O/c1-2-11-4-3-7-17(8-5-11)13(19)12-10-18(9-6-14)16-15-12/h10-11H,2-9,14H2,1H3. The smallest absolute Gasteiger partial charge is 0.276 e. The average Bonchev–Trinajstić information content (AvgIpc) is 2.75. The maximum absolute atomic E-state index is 12.3. The van der Waals surface area contributed by atoms with Crippen LogP contribution < -0.4 is 5.73 Å². The molecule has 19 heavy (non-hydrogen) atoms. The maximum Gasteiger partial charge on any atom is 0.276 e. The number of likely N-dealkylation sites (tertiary alicyclic amines) is 1. The van der Waals surface area contributed by atoms with Gasteiger partial charge in [0, 0.05) is 19.6 Å². The lowest BCUT2D eigenvalue weighted by Crippen LogP contribution is -2.32. The average molecular weight is 265 g/mol. The van der Waals surface area contributed by atoms with Crippen molar-refractivity contribution < 1.29 is 4.79 Å². The fourth-order valence-corrected chi connectivity index (χ4v) is 2.58. The molecular weight excluding hydrogens is 242 g/mol. The summed E-state index contributed by atoms with van der Waals surface area (Å²) in [7, 11) is 0. The minimum Gasteiger partial charge on any atom is -0.337 e. The van der Waals surface area contributed by atoms with Crippen LogP contribution in [0.4, 0.5) is 0 Å². The monoisotopic (exact) mass is 265 g/mol. The van der Waals surface area contributed by atoms with Crippen molar-refractivity contribution in [1.82, 2.24) is 19.9 Å². The molecule has 2 rings (SSSR count). The second-order valence-corrected chi connectivity index (χ2v) is 5.15. The highest BCUT2D eigenvalue weighted by molar-refractivity contribution is 5.91. The minimum absolute atomic E-state index is 0.0000227. The molecular formula is C13H23N5O. The lowest BCUT2D eigenvalue weighted by Gasteiger charge is -2.19. The van der Waals surface area contributed by atoms with Gasteiger partial charge in [0.05, 0.1) is 12.7 Å². The normalized spacial score (nSPS) is 20.3. The minimum atomic E-state index is 0.0000227. The van der Waals surface area contributed by atoms with Crippen LogP contribution in [0.25, 0.3) is 0 Å². The van der Waals surface area contributed by atoms with E-state index in [-0.39, 0.29) is 5.91 Å². The number of hydrogen-bond donors (Lipinski definition) is 1. The van der Waals surface area contributed by atoms with Gasteiger partial charge in [-0.15, -0.1) is 5.10 Å². The number of hydrogen-bond acceptors (Lipinski definition) is 4. The maximum atomic E-state index is 12.3. The number of rotatable bonds is 4. The van der Waals surface area contributed by atoms with Crippen molar-refractivity contribution >= 4 is 5.91 Å². The third-order valence-corrected chi connectivity index (χ3v) is 3.83. The van der Waals surface area contributed by atoms with Crippen molar-refractivity contribution in [2.75, 3.05) is 19.6 Å². The zero-order chi connectivity index (χ0) is 13.7. The van der Waals surface area contributed by atoms with E-state index in [2.05, 4.69) is 17.2 Å². The molecule has 6 heteroatoms. The van der Waals surface area contributed by atoms with Gasteiger partial charge in [-0.25, -0.2) is 0 Å². The van der Waals surface area contributed by atoms with Crippen LogP contribution >= 0.6 is 0 Å². The zero-order valence-corrected chi connectivity index (χ0v) is 11.6. The Balaban J connectivity index is 1.98. The number of amides is 1. The molecule has 0 saturated carbocycles. The molecule has 0 bridgehead atoms. The Hall–Kier alpha value is -1.43. The molecule has 2 N–H and O–H groups in total. The fraction of sp³-hybridized carbons (Fsp3) is 0.769. The number of carbonyl (C=O) groups excluding carboxylic acids is 1. The molecule has 1 amide bonds. The fourth-order valence-electron chi connectivity index (χ4n) is 2.58. The van der Waals surface area contributed by atoms with Gasteiger partial charge >= 0.3 is 0 Å². The molecule has 0 aliphatic carbocycles. The van der Waals surface area contributed by atoms with Gasteiger partial charge in [0.15, 0.2) is 5.69 Å². The highest BCUT2D eigenvalue weighted by Crippen LogP contribution is 2.20. The Bertz CT molecular complexity index is 417. The summed E-state index contributed by atoms with van der Waals surface area (Å²) in [4.78, 5) is 14.3. The van der Waals surface area contributed by atoms with Crippen LogP contribution in [0.1, 0.15) is 43.1 Å². The van der Waals surface area contributed by atoms with E-state index < -0.39 is 0 Å². The van der Waals surface area contributed by atoms with Gasteiger partial charge in [0.25, 0.3) is 5.91 Å². The highest BCUT2D eigenvalue weighted by Gasteiger charge is 2.22. The van der Waals surface area contributed by atoms with Crippen LogP contribution in [-0.2, 0) is 6.54 Å². The van der Waals surface area contributed by atoms with Crippen molar-refractivity contribution in [3.05, 3.63) is 11.9 Å². The summed E-state index contributed by atoms with van der Waals surface area (Å²) in [5.41, 5.74) is 5.89. The Labute approximate surface area is 113 Å². The van der Waals surface area contributed by atoms with E-state index in [1.54, 1.807) is 10.9 Å². The van der Waals surface area contributed by atoms with Crippen LogP contribution in [-0.4, -0.2) is 45.4 Å². The largest absolute Gasteiger partial charge is 0.337 e. The molecule has 1 fully saturated rings. The lowest BCUT2D eigenvalue weighted by molar-refractivity contribution is 0.0754. The second kappa shape index (κ2) is 6.65. The number of nitrogens with two attached hydrogens (primary N) is 1. The highest BCUT2D eigenvalue weighted by atomic mass is 16.2. The van der Waals surface area contributed by atoms with Gasteiger partial charge in [0.1, 0.15) is 0 Å². The van der Waals surface area contributed by atoms with Crippen LogP contribution in [0.2, 0.25) is 0 Å². The van der Waals surface area contributed by atoms with Crippen LogP contribution in [0.15, 0.2) is 6.20 Å². The molecule has 0 aromatic carbocycles. The van der Waals surface area contributed by atoms with E-state index in [0.29, 0.717) is 18.8 Å². The predicted octanol–water partition coefficient (Wildman–Crippen LogP) is 0.889. The molecule has 1 aromatic heterocycles. The first-order chi connectivity index (χ1) is 9.24. The third kappa shape index (κ3) is 3.53. The van der Waals surface area contributed by atoms with Crippen molar-refractivity contribution in [1.29, 1.82) is 0 Å². The van der Waals surface area contributed by atoms with Gasteiger partial charge in [-0.3, -0.25) is 9.48 Å². The SMILES string of the molecule is CCC1CCCN(C(=O)c2cn(CCN)nn2)CC1. The van der Waals surface area contributed by atoms with E-state index in [1.807, 2.05) is 4.90 Å². The molecule has 0 spiro atoms. The molecule has 1 saturated heterocycles. The van der Waals surface area contributed by atoms with Crippen LogP contribution in [0.5, 0.6) is 0 Å². The first-order valence-corrected chi connectivity index (χ1v) is 7.14. The van der Waals surface area contributed by atoms with Crippen molar-refractivity contribution in [2.45, 2.75) is 39.2 Å². The second-order valence-electron chi connectivity index (χ2n) is 5.15. The summed E-state index contributed by atoms with van der Waals surface area (Å²) < 4.78 is 1.62. The molecule has 1 aliphatic rings. The van der Waals surface area contributed by atoms with E-state index >= 15 is 0 Å². The molecule has 1 unspecified atom stereocenters. The molecule has 1 atom stereocenters. The summed E-state index contributed by atoms with van der Waals surface area (Å²) in [6, 6.07) is 0. The predicted molar refractivity (Wildman–Crippen MR) is 72.6 cm³/mol. The topological polar surface area (TPSA) is 77.0 Å². The number of carbonyl (C=O) groups is 1. The quantitative estimate of drug-likeness (QED) is 0.877. The Morgan fingerprint density at radius 3 is 3.05 bits per heavy atom. The Kier molecular flexibility index (Phi) is 4.90. The first-order valence-electron chi connectivity index (χ1n) is 7.14. The van der Waals surface area contributed by atoms with E-state index in [1.165, 1.54) is 12.8 Å². The third-order valence-electron chi connectivity index (χ3n) is 3.83.